The molecule has 1 fully saturated rings. The summed E-state index contributed by atoms with van der Waals surface area (Å²) in [6, 6.07) is 12.4. The molecule has 32 heavy (non-hydrogen) atoms. The topological polar surface area (TPSA) is 113 Å². The van der Waals surface area contributed by atoms with Gasteiger partial charge in [-0.2, -0.15) is 5.26 Å². The van der Waals surface area contributed by atoms with E-state index in [1.54, 1.807) is 36.4 Å². The standard InChI is InChI=1S/C24H21N3O4S/c1-14(28)15-5-2-6-16(11-15)26-21(30)13-32-24-17(12-25)22(20-9-4-10-31-20)23-18(27-24)7-3-8-19(23)29/h2,4-6,9-11,22-23H,3,7-8,13H2,1H3,(H,26,30)/t22-,23+/m0/s1. The van der Waals surface area contributed by atoms with Gasteiger partial charge in [0.1, 0.15) is 16.6 Å². The summed E-state index contributed by atoms with van der Waals surface area (Å²) in [7, 11) is 0. The molecule has 4 rings (SSSR count). The molecule has 0 saturated heterocycles. The van der Waals surface area contributed by atoms with Crippen LogP contribution in [0.25, 0.3) is 0 Å². The Balaban J connectivity index is 1.56. The van der Waals surface area contributed by atoms with Crippen molar-refractivity contribution in [2.24, 2.45) is 10.9 Å². The molecule has 2 atom stereocenters. The summed E-state index contributed by atoms with van der Waals surface area (Å²) in [4.78, 5) is 41.4. The lowest BCUT2D eigenvalue weighted by Crippen LogP contribution is -2.37. The summed E-state index contributed by atoms with van der Waals surface area (Å²) in [5, 5.41) is 13.1. The van der Waals surface area contributed by atoms with Crippen LogP contribution in [0.15, 0.2) is 62.7 Å². The van der Waals surface area contributed by atoms with E-state index in [2.05, 4.69) is 16.4 Å². The average Bonchev–Trinajstić information content (AvgIpc) is 3.31. The maximum Gasteiger partial charge on any atom is 0.234 e. The zero-order valence-electron chi connectivity index (χ0n) is 17.5. The quantitative estimate of drug-likeness (QED) is 0.653. The number of fused-ring (bicyclic) bond motifs is 1. The van der Waals surface area contributed by atoms with Gasteiger partial charge < -0.3 is 9.73 Å². The van der Waals surface area contributed by atoms with E-state index in [1.165, 1.54) is 13.2 Å². The second-order valence-electron chi connectivity index (χ2n) is 7.70. The van der Waals surface area contributed by atoms with Gasteiger partial charge in [-0.3, -0.25) is 14.4 Å². The van der Waals surface area contributed by atoms with Crippen LogP contribution >= 0.6 is 11.8 Å². The number of nitrogens with one attached hydrogen (secondary N) is 1. The molecule has 0 spiro atoms. The monoisotopic (exact) mass is 447 g/mol. The summed E-state index contributed by atoms with van der Waals surface area (Å²) in [6.07, 6.45) is 3.40. The number of carbonyl (C=O) groups excluding carboxylic acids is 3. The number of anilines is 1. The van der Waals surface area contributed by atoms with Crippen molar-refractivity contribution in [1.82, 2.24) is 0 Å². The van der Waals surface area contributed by atoms with E-state index in [-0.39, 0.29) is 23.2 Å². The Morgan fingerprint density at radius 1 is 1.25 bits per heavy atom. The van der Waals surface area contributed by atoms with Gasteiger partial charge in [-0.15, -0.1) is 0 Å². The third-order valence-corrected chi connectivity index (χ3v) is 6.54. The van der Waals surface area contributed by atoms with Gasteiger partial charge in [0.05, 0.1) is 35.5 Å². The minimum Gasteiger partial charge on any atom is -0.469 e. The van der Waals surface area contributed by atoms with E-state index in [4.69, 9.17) is 4.42 Å². The van der Waals surface area contributed by atoms with Crippen LogP contribution in [0, 0.1) is 17.2 Å². The number of nitrogens with zero attached hydrogens (tertiary/aromatic N) is 2. The minimum absolute atomic E-state index is 0.0328. The van der Waals surface area contributed by atoms with Gasteiger partial charge in [0.15, 0.2) is 5.78 Å². The fraction of sp³-hybridized carbons (Fsp3) is 0.292. The van der Waals surface area contributed by atoms with Crippen molar-refractivity contribution < 1.29 is 18.8 Å². The van der Waals surface area contributed by atoms with Gasteiger partial charge in [-0.05, 0) is 44.0 Å². The molecule has 2 aromatic rings. The number of thioether (sulfide) groups is 1. The first-order valence-corrected chi connectivity index (χ1v) is 11.3. The average molecular weight is 448 g/mol. The van der Waals surface area contributed by atoms with Gasteiger partial charge in [0, 0.05) is 23.4 Å². The summed E-state index contributed by atoms with van der Waals surface area (Å²) in [6.45, 7) is 1.47. The van der Waals surface area contributed by atoms with Crippen LogP contribution in [0.2, 0.25) is 0 Å². The van der Waals surface area contributed by atoms with E-state index in [0.29, 0.717) is 40.5 Å². The number of carbonyl (C=O) groups is 3. The molecular weight excluding hydrogens is 426 g/mol. The largest absolute Gasteiger partial charge is 0.469 e. The van der Waals surface area contributed by atoms with Crippen LogP contribution in [-0.4, -0.2) is 28.9 Å². The third-order valence-electron chi connectivity index (χ3n) is 5.54. The molecule has 8 heteroatoms. The molecule has 2 aliphatic rings. The van der Waals surface area contributed by atoms with Gasteiger partial charge in [0.2, 0.25) is 5.91 Å². The van der Waals surface area contributed by atoms with Crippen molar-refractivity contribution in [3.05, 3.63) is 64.6 Å². The van der Waals surface area contributed by atoms with E-state index < -0.39 is 11.8 Å². The molecule has 1 aromatic heterocycles. The van der Waals surface area contributed by atoms with Crippen molar-refractivity contribution in [3.63, 3.8) is 0 Å². The first-order chi connectivity index (χ1) is 15.5. The predicted octanol–water partition coefficient (Wildman–Crippen LogP) is 4.50. The van der Waals surface area contributed by atoms with Gasteiger partial charge in [0.25, 0.3) is 0 Å². The number of hydrogen-bond acceptors (Lipinski definition) is 7. The molecule has 2 heterocycles. The zero-order valence-corrected chi connectivity index (χ0v) is 18.3. The molecule has 1 saturated carbocycles. The molecular formula is C24H21N3O4S. The van der Waals surface area contributed by atoms with Crippen LogP contribution in [0.3, 0.4) is 0 Å². The number of allylic oxidation sites excluding steroid dienone is 1. The molecule has 1 aliphatic carbocycles. The minimum atomic E-state index is -0.520. The highest BCUT2D eigenvalue weighted by atomic mass is 32.2. The lowest BCUT2D eigenvalue weighted by Gasteiger charge is -2.33. The molecule has 1 aliphatic heterocycles. The molecule has 0 bridgehead atoms. The van der Waals surface area contributed by atoms with E-state index in [9.17, 15) is 19.6 Å². The number of benzene rings is 1. The SMILES string of the molecule is CC(=O)c1cccc(NC(=O)CSC2=C(C#N)[C@@H](c3ccco3)[C@H]3C(=O)CCCC3=N2)c1. The smallest absolute Gasteiger partial charge is 0.234 e. The normalized spacial score (nSPS) is 20.2. The highest BCUT2D eigenvalue weighted by molar-refractivity contribution is 8.03. The fourth-order valence-electron chi connectivity index (χ4n) is 4.08. The number of Topliss-reactive ketones (excluding diaryl/α,β-unsaturated/α-hetero) is 2. The second kappa shape index (κ2) is 9.37. The second-order valence-corrected chi connectivity index (χ2v) is 8.66. The maximum absolute atomic E-state index is 12.7. The first-order valence-electron chi connectivity index (χ1n) is 10.3. The highest BCUT2D eigenvalue weighted by Crippen LogP contribution is 2.45. The van der Waals surface area contributed by atoms with Crippen LogP contribution in [-0.2, 0) is 9.59 Å². The van der Waals surface area contributed by atoms with E-state index in [1.807, 2.05) is 0 Å². The van der Waals surface area contributed by atoms with E-state index >= 15 is 0 Å². The van der Waals surface area contributed by atoms with Gasteiger partial charge in [-0.1, -0.05) is 23.9 Å². The van der Waals surface area contributed by atoms with Crippen LogP contribution < -0.4 is 5.32 Å². The van der Waals surface area contributed by atoms with Crippen molar-refractivity contribution in [2.45, 2.75) is 32.1 Å². The Hall–Kier alpha value is -3.44. The Bertz CT molecular complexity index is 1170. The molecule has 1 aromatic carbocycles. The molecule has 162 valence electrons. The van der Waals surface area contributed by atoms with Gasteiger partial charge >= 0.3 is 0 Å². The summed E-state index contributed by atoms with van der Waals surface area (Å²) >= 11 is 1.16. The number of aliphatic imine (C=N–C) groups is 1. The Kier molecular flexibility index (Phi) is 6.37. The van der Waals surface area contributed by atoms with Crippen LogP contribution in [0.5, 0.6) is 0 Å². The van der Waals surface area contributed by atoms with Crippen molar-refractivity contribution in [3.8, 4) is 6.07 Å². The highest BCUT2D eigenvalue weighted by Gasteiger charge is 2.43. The summed E-state index contributed by atoms with van der Waals surface area (Å²) in [5.41, 5.74) is 2.14. The number of amides is 1. The summed E-state index contributed by atoms with van der Waals surface area (Å²) in [5.74, 6) is -0.723. The van der Waals surface area contributed by atoms with Crippen molar-refractivity contribution >= 4 is 40.6 Å². The predicted molar refractivity (Wildman–Crippen MR) is 121 cm³/mol. The third kappa shape index (κ3) is 4.43. The Morgan fingerprint density at radius 3 is 2.81 bits per heavy atom. The number of rotatable bonds is 6. The van der Waals surface area contributed by atoms with Gasteiger partial charge in [-0.25, -0.2) is 4.99 Å². The number of ketones is 2. The van der Waals surface area contributed by atoms with Crippen molar-refractivity contribution in [2.75, 3.05) is 11.1 Å². The maximum atomic E-state index is 12.7. The number of nitriles is 1. The Labute approximate surface area is 189 Å². The Morgan fingerprint density at radius 2 is 2.09 bits per heavy atom. The molecule has 1 amide bonds. The molecule has 0 unspecified atom stereocenters. The summed E-state index contributed by atoms with van der Waals surface area (Å²) < 4.78 is 5.58. The number of hydrogen-bond donors (Lipinski definition) is 1. The molecule has 1 N–H and O–H groups in total. The lowest BCUT2D eigenvalue weighted by molar-refractivity contribution is -0.122. The molecule has 0 radical (unpaired) electrons. The fourth-order valence-corrected chi connectivity index (χ4v) is 4.93. The van der Waals surface area contributed by atoms with Crippen molar-refractivity contribution in [1.29, 1.82) is 5.26 Å². The lowest BCUT2D eigenvalue weighted by atomic mass is 9.72. The van der Waals surface area contributed by atoms with Crippen LogP contribution in [0.4, 0.5) is 5.69 Å². The zero-order chi connectivity index (χ0) is 22.7. The first kappa shape index (κ1) is 21.8. The molecule has 7 nitrogen and oxygen atoms in total. The number of furan rings is 1. The van der Waals surface area contributed by atoms with E-state index in [0.717, 1.165) is 23.9 Å². The van der Waals surface area contributed by atoms with Crippen LogP contribution in [0.1, 0.15) is 48.2 Å².